The average Bonchev–Trinajstić information content (AvgIpc) is 3.00. The fourth-order valence-electron chi connectivity index (χ4n) is 3.09. The van der Waals surface area contributed by atoms with E-state index in [0.717, 1.165) is 29.5 Å². The summed E-state index contributed by atoms with van der Waals surface area (Å²) in [6.45, 7) is 2.19. The van der Waals surface area contributed by atoms with Crippen LogP contribution in [0.3, 0.4) is 0 Å². The van der Waals surface area contributed by atoms with Gasteiger partial charge in [0, 0.05) is 6.42 Å². The van der Waals surface area contributed by atoms with Crippen LogP contribution in [-0.2, 0) is 15.0 Å². The summed E-state index contributed by atoms with van der Waals surface area (Å²) in [7, 11) is 0. The van der Waals surface area contributed by atoms with E-state index in [0.29, 0.717) is 11.4 Å². The Hall–Kier alpha value is -0.850. The zero-order chi connectivity index (χ0) is 18.3. The molecule has 1 unspecified atom stereocenters. The van der Waals surface area contributed by atoms with E-state index < -0.39 is 5.41 Å². The summed E-state index contributed by atoms with van der Waals surface area (Å²) in [5.74, 6) is 0. The van der Waals surface area contributed by atoms with E-state index in [1.54, 1.807) is 0 Å². The molecule has 0 saturated heterocycles. The topological polar surface area (TPSA) is 47.0 Å². The number of fused-ring (bicyclic) bond motifs is 1. The van der Waals surface area contributed by atoms with Crippen LogP contribution in [-0.4, -0.2) is 15.2 Å². The van der Waals surface area contributed by atoms with Crippen LogP contribution < -0.4 is 0 Å². The van der Waals surface area contributed by atoms with Crippen molar-refractivity contribution in [3.05, 3.63) is 29.3 Å². The second kappa shape index (κ2) is 9.74. The van der Waals surface area contributed by atoms with Gasteiger partial charge in [-0.3, -0.25) is 9.59 Å². The minimum Gasteiger partial charge on any atom is -0.287 e. The molecule has 0 amide bonds. The standard InChI is InChI=1S/C19H25NO2S3/c1-2-3-4-5-6-9-12-19(18(22)24,13-16(21)23)17-20-14-10-7-8-11-15(14)25-17/h7-8,10-11H,2-6,9,12-13H2,1H3,(H,21,23)(H,22,24). The van der Waals surface area contributed by atoms with Gasteiger partial charge in [-0.05, 0) is 18.6 Å². The molecule has 25 heavy (non-hydrogen) atoms. The lowest BCUT2D eigenvalue weighted by atomic mass is 9.81. The van der Waals surface area contributed by atoms with Crippen molar-refractivity contribution in [3.8, 4) is 0 Å². The molecule has 2 rings (SSSR count). The molecule has 2 aromatic rings. The predicted molar refractivity (Wildman–Crippen MR) is 112 cm³/mol. The normalized spacial score (nSPS) is 13.7. The van der Waals surface area contributed by atoms with Crippen LogP contribution in [0.5, 0.6) is 0 Å². The molecule has 0 radical (unpaired) electrons. The van der Waals surface area contributed by atoms with Crippen molar-refractivity contribution in [1.82, 2.24) is 4.98 Å². The maximum absolute atomic E-state index is 12.5. The molecule has 0 N–H and O–H groups in total. The largest absolute Gasteiger partial charge is 0.287 e. The van der Waals surface area contributed by atoms with Crippen molar-refractivity contribution in [1.29, 1.82) is 0 Å². The van der Waals surface area contributed by atoms with Gasteiger partial charge in [0.25, 0.3) is 0 Å². The number of thiol groups is 2. The van der Waals surface area contributed by atoms with Gasteiger partial charge >= 0.3 is 0 Å². The number of unbranched alkanes of at least 4 members (excludes halogenated alkanes) is 5. The van der Waals surface area contributed by atoms with E-state index in [1.165, 1.54) is 30.6 Å². The van der Waals surface area contributed by atoms with Crippen LogP contribution in [0.15, 0.2) is 24.3 Å². The van der Waals surface area contributed by atoms with Crippen molar-refractivity contribution in [3.63, 3.8) is 0 Å². The van der Waals surface area contributed by atoms with Gasteiger partial charge in [0.2, 0.25) is 0 Å². The highest BCUT2D eigenvalue weighted by atomic mass is 32.1. The van der Waals surface area contributed by atoms with Crippen molar-refractivity contribution < 1.29 is 9.59 Å². The van der Waals surface area contributed by atoms with Gasteiger partial charge in [0.05, 0.1) is 15.6 Å². The molecule has 1 atom stereocenters. The molecule has 1 aromatic heterocycles. The molecule has 6 heteroatoms. The number of carbonyl (C=O) groups excluding carboxylic acids is 2. The Bertz CT molecular complexity index is 695. The summed E-state index contributed by atoms with van der Waals surface area (Å²) in [6, 6.07) is 7.79. The molecule has 0 fully saturated rings. The van der Waals surface area contributed by atoms with Crippen LogP contribution in [0.1, 0.15) is 63.3 Å². The Morgan fingerprint density at radius 2 is 1.76 bits per heavy atom. The second-order valence-corrected chi connectivity index (χ2v) is 8.40. The van der Waals surface area contributed by atoms with Crippen LogP contribution in [0.2, 0.25) is 0 Å². The lowest BCUT2D eigenvalue weighted by Crippen LogP contribution is -2.34. The number of aromatic nitrogens is 1. The van der Waals surface area contributed by atoms with E-state index in [2.05, 4.69) is 37.2 Å². The first-order chi connectivity index (χ1) is 12.0. The number of carbonyl (C=O) groups is 2. The smallest absolute Gasteiger partial charge is 0.199 e. The molecule has 0 aliphatic carbocycles. The van der Waals surface area contributed by atoms with E-state index in [4.69, 9.17) is 0 Å². The average molecular weight is 396 g/mol. The van der Waals surface area contributed by atoms with Gasteiger partial charge in [-0.25, -0.2) is 4.98 Å². The highest BCUT2D eigenvalue weighted by molar-refractivity contribution is 7.97. The number of hydrogen-bond acceptors (Lipinski definition) is 4. The molecular formula is C19H25NO2S3. The van der Waals surface area contributed by atoms with Crippen LogP contribution in [0.25, 0.3) is 10.2 Å². The number of thiazole rings is 1. The van der Waals surface area contributed by atoms with Crippen LogP contribution >= 0.6 is 36.6 Å². The predicted octanol–water partition coefficient (Wildman–Crippen LogP) is 5.59. The van der Waals surface area contributed by atoms with E-state index in [-0.39, 0.29) is 16.7 Å². The van der Waals surface area contributed by atoms with E-state index >= 15 is 0 Å². The third-order valence-corrected chi connectivity index (χ3v) is 6.35. The van der Waals surface area contributed by atoms with Gasteiger partial charge in [-0.15, -0.1) is 36.6 Å². The summed E-state index contributed by atoms with van der Waals surface area (Å²) in [4.78, 5) is 28.9. The SMILES string of the molecule is CCCCCCCCC(CC(=O)S)(C(=O)S)c1nc2ccccc2s1. The van der Waals surface area contributed by atoms with E-state index in [1.807, 2.05) is 24.3 Å². The molecule has 136 valence electrons. The number of benzene rings is 1. The van der Waals surface area contributed by atoms with Gasteiger partial charge in [-0.1, -0.05) is 57.6 Å². The maximum Gasteiger partial charge on any atom is 0.199 e. The summed E-state index contributed by atoms with van der Waals surface area (Å²) in [6.07, 6.45) is 7.38. The van der Waals surface area contributed by atoms with Crippen LogP contribution in [0.4, 0.5) is 0 Å². The molecule has 1 aromatic carbocycles. The van der Waals surface area contributed by atoms with Crippen molar-refractivity contribution in [2.24, 2.45) is 0 Å². The molecule has 0 aliphatic heterocycles. The number of nitrogens with zero attached hydrogens (tertiary/aromatic N) is 1. The fraction of sp³-hybridized carbons (Fsp3) is 0.526. The fourth-order valence-corrected chi connectivity index (χ4v) is 4.91. The third kappa shape index (κ3) is 5.31. The van der Waals surface area contributed by atoms with Gasteiger partial charge < -0.3 is 0 Å². The lowest BCUT2D eigenvalue weighted by molar-refractivity contribution is -0.120. The molecule has 0 spiro atoms. The maximum atomic E-state index is 12.5. The minimum atomic E-state index is -0.962. The molecular weight excluding hydrogens is 370 g/mol. The first-order valence-electron chi connectivity index (χ1n) is 8.81. The second-order valence-electron chi connectivity index (χ2n) is 6.46. The zero-order valence-corrected chi connectivity index (χ0v) is 17.1. The number of rotatable bonds is 11. The molecule has 0 aliphatic rings. The van der Waals surface area contributed by atoms with Crippen molar-refractivity contribution in [2.45, 2.75) is 63.7 Å². The van der Waals surface area contributed by atoms with Gasteiger partial charge in [-0.2, -0.15) is 0 Å². The number of para-hydroxylation sites is 1. The van der Waals surface area contributed by atoms with Crippen LogP contribution in [0, 0.1) is 0 Å². The number of hydrogen-bond donors (Lipinski definition) is 2. The molecule has 3 nitrogen and oxygen atoms in total. The Balaban J connectivity index is 2.24. The molecule has 0 bridgehead atoms. The lowest BCUT2D eigenvalue weighted by Gasteiger charge is -2.27. The quantitative estimate of drug-likeness (QED) is 0.385. The first kappa shape index (κ1) is 20.5. The van der Waals surface area contributed by atoms with E-state index in [9.17, 15) is 9.59 Å². The van der Waals surface area contributed by atoms with Gasteiger partial charge in [0.15, 0.2) is 10.2 Å². The summed E-state index contributed by atoms with van der Waals surface area (Å²) < 4.78 is 1.02. The summed E-state index contributed by atoms with van der Waals surface area (Å²) >= 11 is 9.57. The van der Waals surface area contributed by atoms with Crippen molar-refractivity contribution in [2.75, 3.05) is 0 Å². The minimum absolute atomic E-state index is 0.0488. The molecule has 1 heterocycles. The Kier molecular flexibility index (Phi) is 7.97. The Morgan fingerprint density at radius 3 is 2.40 bits per heavy atom. The highest BCUT2D eigenvalue weighted by Gasteiger charge is 2.42. The highest BCUT2D eigenvalue weighted by Crippen LogP contribution is 2.40. The van der Waals surface area contributed by atoms with Gasteiger partial charge in [0.1, 0.15) is 5.01 Å². The monoisotopic (exact) mass is 395 g/mol. The zero-order valence-electron chi connectivity index (χ0n) is 14.5. The van der Waals surface area contributed by atoms with Crippen molar-refractivity contribution >= 4 is 57.0 Å². The summed E-state index contributed by atoms with van der Waals surface area (Å²) in [5, 5.41) is 0.0970. The first-order valence-corrected chi connectivity index (χ1v) is 10.5. The Labute approximate surface area is 164 Å². The molecule has 0 saturated carbocycles. The third-order valence-electron chi connectivity index (χ3n) is 4.52. The summed E-state index contributed by atoms with van der Waals surface area (Å²) in [5.41, 5.74) is -0.104. The Morgan fingerprint density at radius 1 is 1.08 bits per heavy atom.